The normalized spacial score (nSPS) is 18.4. The van der Waals surface area contributed by atoms with Gasteiger partial charge in [-0.3, -0.25) is 4.90 Å². The number of halogens is 1. The molecule has 2 heterocycles. The summed E-state index contributed by atoms with van der Waals surface area (Å²) in [5.41, 5.74) is 4.23. The zero-order valence-corrected chi connectivity index (χ0v) is 17.1. The summed E-state index contributed by atoms with van der Waals surface area (Å²) in [6, 6.07) is 17.3. The van der Waals surface area contributed by atoms with Gasteiger partial charge < -0.3 is 14.5 Å². The van der Waals surface area contributed by atoms with Gasteiger partial charge in [0.25, 0.3) is 0 Å². The van der Waals surface area contributed by atoms with Crippen molar-refractivity contribution in [2.24, 2.45) is 0 Å². The summed E-state index contributed by atoms with van der Waals surface area (Å²) in [4.78, 5) is 7.71. The molecule has 0 N–H and O–H groups in total. The molecule has 2 aliphatic heterocycles. The molecule has 1 unspecified atom stereocenters. The van der Waals surface area contributed by atoms with Crippen LogP contribution in [0.15, 0.2) is 48.5 Å². The zero-order valence-electron chi connectivity index (χ0n) is 16.3. The van der Waals surface area contributed by atoms with Gasteiger partial charge in [-0.05, 0) is 55.7 Å². The number of hydrogen-bond acceptors (Lipinski definition) is 4. The molecule has 2 aliphatic rings. The van der Waals surface area contributed by atoms with Gasteiger partial charge in [-0.1, -0.05) is 18.2 Å². The van der Waals surface area contributed by atoms with Crippen LogP contribution in [-0.2, 0) is 6.42 Å². The van der Waals surface area contributed by atoms with E-state index in [4.69, 9.17) is 4.74 Å². The molecule has 27 heavy (non-hydrogen) atoms. The van der Waals surface area contributed by atoms with Crippen LogP contribution in [0, 0.1) is 0 Å². The molecule has 4 rings (SSSR count). The van der Waals surface area contributed by atoms with Crippen LogP contribution in [0.1, 0.15) is 18.9 Å². The predicted octanol–water partition coefficient (Wildman–Crippen LogP) is 4.04. The number of benzene rings is 2. The summed E-state index contributed by atoms with van der Waals surface area (Å²) in [5, 5.41) is 0. The maximum atomic E-state index is 5.27. The fourth-order valence-corrected chi connectivity index (χ4v) is 4.29. The van der Waals surface area contributed by atoms with E-state index >= 15 is 0 Å². The standard InChI is InChI=1S/C22H29N3O.ClH/c1-18(25-13-5-7-19-6-3-4-8-22(19)25)23-14-16-24(17-15-23)20-9-11-21(26-2)12-10-20;/h3-4,6,8-12,18H,5,7,13-17H2,1-2H3;1H. The highest BCUT2D eigenvalue weighted by atomic mass is 35.5. The molecule has 0 aromatic heterocycles. The van der Waals surface area contributed by atoms with Gasteiger partial charge in [-0.2, -0.15) is 0 Å². The number of para-hydroxylation sites is 1. The Morgan fingerprint density at radius 3 is 2.30 bits per heavy atom. The van der Waals surface area contributed by atoms with Crippen LogP contribution < -0.4 is 14.5 Å². The first-order valence-electron chi connectivity index (χ1n) is 9.74. The highest BCUT2D eigenvalue weighted by Crippen LogP contribution is 2.30. The fraction of sp³-hybridized carbons (Fsp3) is 0.455. The van der Waals surface area contributed by atoms with Gasteiger partial charge in [-0.25, -0.2) is 0 Å². The lowest BCUT2D eigenvalue weighted by Crippen LogP contribution is -2.56. The molecule has 2 aromatic rings. The van der Waals surface area contributed by atoms with E-state index in [0.29, 0.717) is 6.17 Å². The lowest BCUT2D eigenvalue weighted by molar-refractivity contribution is 0.189. The Balaban J connectivity index is 0.00000210. The molecular formula is C22H30ClN3O. The molecule has 0 bridgehead atoms. The van der Waals surface area contributed by atoms with Crippen LogP contribution in [0.5, 0.6) is 5.75 Å². The van der Waals surface area contributed by atoms with Crippen molar-refractivity contribution in [1.29, 1.82) is 0 Å². The average Bonchev–Trinajstić information content (AvgIpc) is 2.73. The van der Waals surface area contributed by atoms with E-state index < -0.39 is 0 Å². The van der Waals surface area contributed by atoms with Crippen molar-refractivity contribution in [3.8, 4) is 5.75 Å². The number of nitrogens with zero attached hydrogens (tertiary/aromatic N) is 3. The highest BCUT2D eigenvalue weighted by Gasteiger charge is 2.28. The average molecular weight is 388 g/mol. The van der Waals surface area contributed by atoms with E-state index in [0.717, 1.165) is 38.5 Å². The number of rotatable bonds is 4. The third kappa shape index (κ3) is 4.17. The Morgan fingerprint density at radius 2 is 1.59 bits per heavy atom. The van der Waals surface area contributed by atoms with E-state index in [-0.39, 0.29) is 12.4 Å². The van der Waals surface area contributed by atoms with E-state index in [9.17, 15) is 0 Å². The van der Waals surface area contributed by atoms with Crippen molar-refractivity contribution in [1.82, 2.24) is 4.90 Å². The topological polar surface area (TPSA) is 19.0 Å². The van der Waals surface area contributed by atoms with E-state index in [1.807, 2.05) is 0 Å². The number of anilines is 2. The highest BCUT2D eigenvalue weighted by molar-refractivity contribution is 5.85. The van der Waals surface area contributed by atoms with Crippen molar-refractivity contribution in [2.45, 2.75) is 25.9 Å². The molecule has 1 atom stereocenters. The zero-order chi connectivity index (χ0) is 17.9. The molecule has 0 saturated carbocycles. The number of fused-ring (bicyclic) bond motifs is 1. The second kappa shape index (κ2) is 8.85. The van der Waals surface area contributed by atoms with E-state index in [2.05, 4.69) is 70.2 Å². The van der Waals surface area contributed by atoms with Gasteiger partial charge in [0, 0.05) is 44.1 Å². The van der Waals surface area contributed by atoms with Gasteiger partial charge in [0.2, 0.25) is 0 Å². The Morgan fingerprint density at radius 1 is 0.889 bits per heavy atom. The van der Waals surface area contributed by atoms with Crippen molar-refractivity contribution in [3.63, 3.8) is 0 Å². The smallest absolute Gasteiger partial charge is 0.119 e. The minimum absolute atomic E-state index is 0. The SMILES string of the molecule is COc1ccc(N2CCN(C(C)N3CCCc4ccccc43)CC2)cc1.Cl. The quantitative estimate of drug-likeness (QED) is 0.788. The third-order valence-electron chi connectivity index (χ3n) is 5.88. The summed E-state index contributed by atoms with van der Waals surface area (Å²) < 4.78 is 5.27. The maximum absolute atomic E-state index is 5.27. The molecule has 0 aliphatic carbocycles. The monoisotopic (exact) mass is 387 g/mol. The molecule has 2 aromatic carbocycles. The second-order valence-electron chi connectivity index (χ2n) is 7.28. The van der Waals surface area contributed by atoms with Crippen molar-refractivity contribution < 1.29 is 4.74 Å². The van der Waals surface area contributed by atoms with E-state index in [1.165, 1.54) is 29.8 Å². The Kier molecular flexibility index (Phi) is 6.51. The van der Waals surface area contributed by atoms with Crippen LogP contribution in [0.4, 0.5) is 11.4 Å². The lowest BCUT2D eigenvalue weighted by Gasteiger charge is -2.45. The van der Waals surface area contributed by atoms with Crippen LogP contribution in [0.3, 0.4) is 0 Å². The van der Waals surface area contributed by atoms with E-state index in [1.54, 1.807) is 7.11 Å². The Bertz CT molecular complexity index is 729. The van der Waals surface area contributed by atoms with Crippen molar-refractivity contribution in [3.05, 3.63) is 54.1 Å². The summed E-state index contributed by atoms with van der Waals surface area (Å²) >= 11 is 0. The summed E-state index contributed by atoms with van der Waals surface area (Å²) in [7, 11) is 1.72. The minimum atomic E-state index is 0. The van der Waals surface area contributed by atoms with Crippen LogP contribution in [0.25, 0.3) is 0 Å². The van der Waals surface area contributed by atoms with Crippen LogP contribution >= 0.6 is 12.4 Å². The Labute approximate surface area is 169 Å². The molecule has 1 saturated heterocycles. The van der Waals surface area contributed by atoms with Crippen LogP contribution in [0.2, 0.25) is 0 Å². The van der Waals surface area contributed by atoms with Gasteiger partial charge >= 0.3 is 0 Å². The molecule has 1 fully saturated rings. The number of piperazine rings is 1. The summed E-state index contributed by atoms with van der Waals surface area (Å²) in [5.74, 6) is 0.921. The van der Waals surface area contributed by atoms with Gasteiger partial charge in [-0.15, -0.1) is 12.4 Å². The summed E-state index contributed by atoms with van der Waals surface area (Å²) in [6.07, 6.45) is 2.92. The molecular weight excluding hydrogens is 358 g/mol. The molecule has 0 amide bonds. The first-order valence-corrected chi connectivity index (χ1v) is 9.74. The number of hydrogen-bond donors (Lipinski definition) is 0. The van der Waals surface area contributed by atoms with Gasteiger partial charge in [0.1, 0.15) is 5.75 Å². The molecule has 5 heteroatoms. The molecule has 4 nitrogen and oxygen atoms in total. The van der Waals surface area contributed by atoms with Crippen molar-refractivity contribution >= 4 is 23.8 Å². The third-order valence-corrected chi connectivity index (χ3v) is 5.88. The molecule has 0 spiro atoms. The predicted molar refractivity (Wildman–Crippen MR) is 116 cm³/mol. The van der Waals surface area contributed by atoms with Gasteiger partial charge in [0.05, 0.1) is 13.3 Å². The number of ether oxygens (including phenoxy) is 1. The molecule has 0 radical (unpaired) electrons. The second-order valence-corrected chi connectivity index (χ2v) is 7.28. The first kappa shape index (κ1) is 19.8. The fourth-order valence-electron chi connectivity index (χ4n) is 4.29. The summed E-state index contributed by atoms with van der Waals surface area (Å²) in [6.45, 7) is 7.89. The number of methoxy groups -OCH3 is 1. The largest absolute Gasteiger partial charge is 0.497 e. The molecule has 146 valence electrons. The van der Waals surface area contributed by atoms with Gasteiger partial charge in [0.15, 0.2) is 0 Å². The lowest BCUT2D eigenvalue weighted by atomic mass is 10.0. The van der Waals surface area contributed by atoms with Crippen molar-refractivity contribution in [2.75, 3.05) is 49.6 Å². The first-order chi connectivity index (χ1) is 12.8. The van der Waals surface area contributed by atoms with Crippen LogP contribution in [-0.4, -0.2) is 50.9 Å². The number of aryl methyl sites for hydroxylation is 1. The Hall–Kier alpha value is -1.91. The maximum Gasteiger partial charge on any atom is 0.119 e. The minimum Gasteiger partial charge on any atom is -0.497 e.